The van der Waals surface area contributed by atoms with E-state index < -0.39 is 6.10 Å². The molecular formula is C19H24BrN3O3. The number of benzene rings is 1. The molecule has 0 radical (unpaired) electrons. The van der Waals surface area contributed by atoms with Gasteiger partial charge in [0.2, 0.25) is 5.88 Å². The molecule has 2 heterocycles. The minimum absolute atomic E-state index is 0.232. The quantitative estimate of drug-likeness (QED) is 0.692. The third kappa shape index (κ3) is 5.09. The van der Waals surface area contributed by atoms with Gasteiger partial charge >= 0.3 is 0 Å². The number of β-amino-alcohol motifs (C(OH)–C–C–N with tert-alkyl or cyclic N) is 1. The maximum Gasteiger partial charge on any atom is 0.214 e. The lowest BCUT2D eigenvalue weighted by molar-refractivity contribution is 0.0646. The van der Waals surface area contributed by atoms with Crippen molar-refractivity contribution in [2.24, 2.45) is 0 Å². The number of piperazine rings is 1. The second-order valence-electron chi connectivity index (χ2n) is 6.22. The van der Waals surface area contributed by atoms with Crippen molar-refractivity contribution < 1.29 is 14.6 Å². The van der Waals surface area contributed by atoms with Crippen molar-refractivity contribution >= 4 is 21.6 Å². The number of halogens is 1. The molecule has 1 aromatic heterocycles. The fourth-order valence-electron chi connectivity index (χ4n) is 3.06. The van der Waals surface area contributed by atoms with Gasteiger partial charge in [-0.2, -0.15) is 0 Å². The molecule has 1 fully saturated rings. The zero-order chi connectivity index (χ0) is 18.4. The van der Waals surface area contributed by atoms with Crippen LogP contribution in [0.3, 0.4) is 0 Å². The largest absolute Gasteiger partial charge is 0.495 e. The van der Waals surface area contributed by atoms with E-state index in [1.54, 1.807) is 13.2 Å². The smallest absolute Gasteiger partial charge is 0.214 e. The Morgan fingerprint density at radius 2 is 1.88 bits per heavy atom. The number of methoxy groups -OCH3 is 1. The highest BCUT2D eigenvalue weighted by molar-refractivity contribution is 9.10. The van der Waals surface area contributed by atoms with Crippen LogP contribution in [0.1, 0.15) is 0 Å². The summed E-state index contributed by atoms with van der Waals surface area (Å²) in [6, 6.07) is 13.6. The highest BCUT2D eigenvalue weighted by Gasteiger charge is 2.21. The second kappa shape index (κ2) is 9.21. The first-order chi connectivity index (χ1) is 12.7. The molecule has 0 saturated carbocycles. The number of pyridine rings is 1. The van der Waals surface area contributed by atoms with Crippen LogP contribution < -0.4 is 14.4 Å². The molecular weight excluding hydrogens is 398 g/mol. The van der Waals surface area contributed by atoms with Gasteiger partial charge in [-0.05, 0) is 34.1 Å². The molecule has 3 rings (SSSR count). The molecule has 1 N–H and O–H groups in total. The molecule has 140 valence electrons. The third-order valence-corrected chi connectivity index (χ3v) is 4.82. The van der Waals surface area contributed by atoms with Crippen LogP contribution in [-0.2, 0) is 0 Å². The summed E-state index contributed by atoms with van der Waals surface area (Å²) in [6.07, 6.45) is -0.548. The molecule has 1 atom stereocenters. The van der Waals surface area contributed by atoms with Gasteiger partial charge < -0.3 is 19.5 Å². The van der Waals surface area contributed by atoms with Gasteiger partial charge in [-0.1, -0.05) is 18.2 Å². The van der Waals surface area contributed by atoms with Gasteiger partial charge in [-0.3, -0.25) is 4.90 Å². The first kappa shape index (κ1) is 18.9. The van der Waals surface area contributed by atoms with Crippen molar-refractivity contribution in [2.45, 2.75) is 6.10 Å². The molecule has 7 heteroatoms. The molecule has 1 unspecified atom stereocenters. The Labute approximate surface area is 162 Å². The van der Waals surface area contributed by atoms with E-state index in [0.717, 1.165) is 42.2 Å². The maximum atomic E-state index is 10.3. The highest BCUT2D eigenvalue weighted by Crippen LogP contribution is 2.28. The Morgan fingerprint density at radius 3 is 2.62 bits per heavy atom. The van der Waals surface area contributed by atoms with Gasteiger partial charge in [0.15, 0.2) is 0 Å². The van der Waals surface area contributed by atoms with Crippen LogP contribution in [0.2, 0.25) is 0 Å². The molecule has 2 aromatic rings. The van der Waals surface area contributed by atoms with Crippen molar-refractivity contribution in [3.8, 4) is 11.6 Å². The summed E-state index contributed by atoms with van der Waals surface area (Å²) in [5.41, 5.74) is 1.12. The number of rotatable bonds is 7. The molecule has 0 bridgehead atoms. The zero-order valence-corrected chi connectivity index (χ0v) is 16.4. The van der Waals surface area contributed by atoms with Gasteiger partial charge in [-0.25, -0.2) is 4.98 Å². The lowest BCUT2D eigenvalue weighted by Crippen LogP contribution is -2.49. The molecule has 0 amide bonds. The molecule has 1 aromatic carbocycles. The molecule has 26 heavy (non-hydrogen) atoms. The number of hydrogen-bond donors (Lipinski definition) is 1. The third-order valence-electron chi connectivity index (χ3n) is 4.38. The number of aliphatic hydroxyl groups is 1. The van der Waals surface area contributed by atoms with E-state index in [2.05, 4.69) is 36.8 Å². The SMILES string of the molecule is COc1ccccc1N1CCN(CC(O)COc2cccc(Br)n2)CC1. The average molecular weight is 422 g/mol. The summed E-state index contributed by atoms with van der Waals surface area (Å²) in [6.45, 7) is 4.42. The van der Waals surface area contributed by atoms with Gasteiger partial charge in [0.25, 0.3) is 0 Å². The van der Waals surface area contributed by atoms with Crippen molar-refractivity contribution in [2.75, 3.05) is 51.3 Å². The van der Waals surface area contributed by atoms with E-state index in [9.17, 15) is 5.11 Å². The predicted molar refractivity (Wildman–Crippen MR) is 105 cm³/mol. The van der Waals surface area contributed by atoms with Crippen molar-refractivity contribution in [1.82, 2.24) is 9.88 Å². The second-order valence-corrected chi connectivity index (χ2v) is 7.04. The molecule has 1 aliphatic heterocycles. The topological polar surface area (TPSA) is 58.1 Å². The van der Waals surface area contributed by atoms with Crippen LogP contribution in [-0.4, -0.2) is 67.5 Å². The van der Waals surface area contributed by atoms with Gasteiger partial charge in [0.1, 0.15) is 23.1 Å². The number of para-hydroxylation sites is 2. The zero-order valence-electron chi connectivity index (χ0n) is 14.8. The fraction of sp³-hybridized carbons (Fsp3) is 0.421. The van der Waals surface area contributed by atoms with Crippen LogP contribution in [0.4, 0.5) is 5.69 Å². The van der Waals surface area contributed by atoms with Crippen molar-refractivity contribution in [3.63, 3.8) is 0 Å². The Hall–Kier alpha value is -1.83. The predicted octanol–water partition coefficient (Wildman–Crippen LogP) is 2.41. The number of ether oxygens (including phenoxy) is 2. The lowest BCUT2D eigenvalue weighted by Gasteiger charge is -2.37. The summed E-state index contributed by atoms with van der Waals surface area (Å²) in [7, 11) is 1.70. The lowest BCUT2D eigenvalue weighted by atomic mass is 10.2. The van der Waals surface area contributed by atoms with Crippen LogP contribution in [0.15, 0.2) is 47.1 Å². The van der Waals surface area contributed by atoms with Gasteiger partial charge in [0.05, 0.1) is 12.8 Å². The normalized spacial score (nSPS) is 16.3. The van der Waals surface area contributed by atoms with E-state index in [4.69, 9.17) is 9.47 Å². The monoisotopic (exact) mass is 421 g/mol. The average Bonchev–Trinajstić information content (AvgIpc) is 2.67. The summed E-state index contributed by atoms with van der Waals surface area (Å²) in [5, 5.41) is 10.3. The Morgan fingerprint density at radius 1 is 1.12 bits per heavy atom. The minimum Gasteiger partial charge on any atom is -0.495 e. The summed E-state index contributed by atoms with van der Waals surface area (Å²) in [5.74, 6) is 1.41. The van der Waals surface area contributed by atoms with E-state index in [-0.39, 0.29) is 6.61 Å². The number of anilines is 1. The summed E-state index contributed by atoms with van der Waals surface area (Å²) >= 11 is 3.31. The Balaban J connectivity index is 1.45. The molecule has 0 aliphatic carbocycles. The van der Waals surface area contributed by atoms with Crippen LogP contribution in [0.25, 0.3) is 0 Å². The Kier molecular flexibility index (Phi) is 6.71. The Bertz CT molecular complexity index is 708. The summed E-state index contributed by atoms with van der Waals surface area (Å²) < 4.78 is 11.7. The van der Waals surface area contributed by atoms with E-state index in [1.165, 1.54) is 0 Å². The molecule has 6 nitrogen and oxygen atoms in total. The molecule has 1 aliphatic rings. The van der Waals surface area contributed by atoms with Gasteiger partial charge in [-0.15, -0.1) is 0 Å². The molecule has 0 spiro atoms. The first-order valence-corrected chi connectivity index (χ1v) is 9.49. The van der Waals surface area contributed by atoms with E-state index in [1.807, 2.05) is 30.3 Å². The van der Waals surface area contributed by atoms with Crippen LogP contribution >= 0.6 is 15.9 Å². The fourth-order valence-corrected chi connectivity index (χ4v) is 3.39. The minimum atomic E-state index is -0.548. The van der Waals surface area contributed by atoms with Gasteiger partial charge in [0, 0.05) is 38.8 Å². The number of aromatic nitrogens is 1. The van der Waals surface area contributed by atoms with Crippen molar-refractivity contribution in [3.05, 3.63) is 47.1 Å². The van der Waals surface area contributed by atoms with E-state index in [0.29, 0.717) is 12.4 Å². The summed E-state index contributed by atoms with van der Waals surface area (Å²) in [4.78, 5) is 8.78. The van der Waals surface area contributed by atoms with E-state index >= 15 is 0 Å². The highest BCUT2D eigenvalue weighted by atomic mass is 79.9. The standard InChI is InChI=1S/C19H24BrN3O3/c1-25-17-6-3-2-5-16(17)23-11-9-22(10-12-23)13-15(24)14-26-19-8-4-7-18(20)21-19/h2-8,15,24H,9-14H2,1H3. The number of nitrogens with zero attached hydrogens (tertiary/aromatic N) is 3. The van der Waals surface area contributed by atoms with Crippen LogP contribution in [0, 0.1) is 0 Å². The van der Waals surface area contributed by atoms with Crippen LogP contribution in [0.5, 0.6) is 11.6 Å². The molecule has 1 saturated heterocycles. The number of aliphatic hydroxyl groups excluding tert-OH is 1. The maximum absolute atomic E-state index is 10.3. The number of hydrogen-bond acceptors (Lipinski definition) is 6. The first-order valence-electron chi connectivity index (χ1n) is 8.69. The van der Waals surface area contributed by atoms with Crippen molar-refractivity contribution in [1.29, 1.82) is 0 Å².